The minimum Gasteiger partial charge on any atom is -0.466 e. The molecule has 0 unspecified atom stereocenters. The van der Waals surface area contributed by atoms with Crippen LogP contribution in [-0.2, 0) is 16.1 Å². The molecular formula is C31H27NO4. The summed E-state index contributed by atoms with van der Waals surface area (Å²) in [6.07, 6.45) is 0.159. The van der Waals surface area contributed by atoms with Crippen LogP contribution in [-0.4, -0.2) is 28.7 Å². The Balaban J connectivity index is 1.57. The van der Waals surface area contributed by atoms with Gasteiger partial charge in [0.05, 0.1) is 13.0 Å². The van der Waals surface area contributed by atoms with Crippen molar-refractivity contribution < 1.29 is 19.1 Å². The number of aromatic nitrogens is 1. The van der Waals surface area contributed by atoms with E-state index in [2.05, 4.69) is 11.5 Å². The molecule has 5 aromatic rings. The lowest BCUT2D eigenvalue weighted by Gasteiger charge is -2.07. The molecule has 0 aliphatic carbocycles. The molecule has 36 heavy (non-hydrogen) atoms. The highest BCUT2D eigenvalue weighted by molar-refractivity contribution is 6.19. The van der Waals surface area contributed by atoms with E-state index >= 15 is 0 Å². The monoisotopic (exact) mass is 477 g/mol. The highest BCUT2D eigenvalue weighted by atomic mass is 16.5. The lowest BCUT2D eigenvalue weighted by atomic mass is 9.96. The number of rotatable bonds is 8. The Bertz CT molecular complexity index is 1640. The fourth-order valence-electron chi connectivity index (χ4n) is 4.93. The molecule has 0 radical (unpaired) electrons. The first kappa shape index (κ1) is 23.5. The van der Waals surface area contributed by atoms with Crippen LogP contribution in [0, 0.1) is 0 Å². The van der Waals surface area contributed by atoms with Gasteiger partial charge in [0.15, 0.2) is 11.6 Å². The van der Waals surface area contributed by atoms with Crippen molar-refractivity contribution in [1.29, 1.82) is 0 Å². The zero-order valence-electron chi connectivity index (χ0n) is 20.4. The highest BCUT2D eigenvalue weighted by Gasteiger charge is 2.18. The lowest BCUT2D eigenvalue weighted by molar-refractivity contribution is -0.143. The highest BCUT2D eigenvalue weighted by Crippen LogP contribution is 2.32. The van der Waals surface area contributed by atoms with E-state index in [4.69, 9.17) is 4.74 Å². The molecule has 5 heteroatoms. The quantitative estimate of drug-likeness (QED) is 0.184. The summed E-state index contributed by atoms with van der Waals surface area (Å²) in [6, 6.07) is 25.1. The summed E-state index contributed by atoms with van der Waals surface area (Å²) in [5, 5.41) is 3.80. The lowest BCUT2D eigenvalue weighted by Crippen LogP contribution is -2.08. The molecule has 1 heterocycles. The van der Waals surface area contributed by atoms with Gasteiger partial charge in [-0.2, -0.15) is 0 Å². The number of ketones is 2. The van der Waals surface area contributed by atoms with Crippen LogP contribution >= 0.6 is 0 Å². The predicted octanol–water partition coefficient (Wildman–Crippen LogP) is 6.72. The second-order valence-corrected chi connectivity index (χ2v) is 8.79. The molecule has 0 aliphatic rings. The van der Waals surface area contributed by atoms with E-state index in [9.17, 15) is 14.4 Å². The van der Waals surface area contributed by atoms with Gasteiger partial charge in [-0.15, -0.1) is 0 Å². The first-order valence-corrected chi connectivity index (χ1v) is 12.3. The molecule has 180 valence electrons. The topological polar surface area (TPSA) is 65.4 Å². The van der Waals surface area contributed by atoms with Crippen molar-refractivity contribution in [3.05, 3.63) is 95.6 Å². The van der Waals surface area contributed by atoms with Crippen molar-refractivity contribution in [2.75, 3.05) is 6.61 Å². The van der Waals surface area contributed by atoms with Crippen LogP contribution < -0.4 is 0 Å². The Morgan fingerprint density at radius 2 is 1.39 bits per heavy atom. The van der Waals surface area contributed by atoms with E-state index in [0.29, 0.717) is 23.3 Å². The van der Waals surface area contributed by atoms with E-state index in [1.807, 2.05) is 78.9 Å². The van der Waals surface area contributed by atoms with Gasteiger partial charge in [-0.1, -0.05) is 42.5 Å². The van der Waals surface area contributed by atoms with Crippen LogP contribution in [0.25, 0.3) is 32.6 Å². The Morgan fingerprint density at radius 1 is 0.722 bits per heavy atom. The average Bonchev–Trinajstić information content (AvgIpc) is 3.23. The van der Waals surface area contributed by atoms with Crippen LogP contribution in [0.5, 0.6) is 0 Å². The third-order valence-corrected chi connectivity index (χ3v) is 6.66. The zero-order chi connectivity index (χ0) is 25.2. The summed E-state index contributed by atoms with van der Waals surface area (Å²) >= 11 is 0. The zero-order valence-corrected chi connectivity index (χ0v) is 20.4. The minimum absolute atomic E-state index is 0.0345. The van der Waals surface area contributed by atoms with Crippen LogP contribution in [0.1, 0.15) is 53.0 Å². The molecule has 0 atom stereocenters. The van der Waals surface area contributed by atoms with Crippen molar-refractivity contribution in [1.82, 2.24) is 4.57 Å². The average molecular weight is 478 g/mol. The van der Waals surface area contributed by atoms with Gasteiger partial charge in [0.2, 0.25) is 0 Å². The Labute approximate surface area is 209 Å². The Kier molecular flexibility index (Phi) is 6.38. The second-order valence-electron chi connectivity index (χ2n) is 8.79. The maximum absolute atomic E-state index is 13.6. The maximum atomic E-state index is 13.6. The maximum Gasteiger partial charge on any atom is 0.306 e. The summed E-state index contributed by atoms with van der Waals surface area (Å²) in [4.78, 5) is 38.1. The molecule has 0 amide bonds. The number of hydrogen-bond donors (Lipinski definition) is 0. The SMILES string of the molecule is CCOC(=O)CCC(=O)c1ccc2c(c1)c1cc(C(=O)c3cccc4ccccc34)ccc1n2CC. The van der Waals surface area contributed by atoms with Gasteiger partial charge in [-0.05, 0) is 61.0 Å². The molecule has 0 fully saturated rings. The van der Waals surface area contributed by atoms with E-state index in [-0.39, 0.29) is 30.4 Å². The largest absolute Gasteiger partial charge is 0.466 e. The van der Waals surface area contributed by atoms with Gasteiger partial charge < -0.3 is 9.30 Å². The first-order valence-electron chi connectivity index (χ1n) is 12.3. The smallest absolute Gasteiger partial charge is 0.306 e. The van der Waals surface area contributed by atoms with E-state index in [1.54, 1.807) is 6.92 Å². The summed E-state index contributed by atoms with van der Waals surface area (Å²) in [7, 11) is 0. The van der Waals surface area contributed by atoms with Gasteiger partial charge >= 0.3 is 5.97 Å². The third kappa shape index (κ3) is 4.17. The predicted molar refractivity (Wildman–Crippen MR) is 143 cm³/mol. The van der Waals surface area contributed by atoms with Crippen molar-refractivity contribution >= 4 is 50.1 Å². The normalized spacial score (nSPS) is 11.3. The number of carbonyl (C=O) groups is 3. The molecule has 5 rings (SSSR count). The van der Waals surface area contributed by atoms with Crippen molar-refractivity contribution in [3.8, 4) is 0 Å². The fourth-order valence-corrected chi connectivity index (χ4v) is 4.93. The molecule has 0 bridgehead atoms. The number of aryl methyl sites for hydroxylation is 1. The molecule has 0 aliphatic heterocycles. The Morgan fingerprint density at radius 3 is 2.11 bits per heavy atom. The van der Waals surface area contributed by atoms with Crippen LogP contribution in [0.3, 0.4) is 0 Å². The minimum atomic E-state index is -0.369. The molecule has 0 saturated carbocycles. The molecule has 4 aromatic carbocycles. The van der Waals surface area contributed by atoms with Gasteiger partial charge in [0.25, 0.3) is 0 Å². The van der Waals surface area contributed by atoms with Gasteiger partial charge in [0, 0.05) is 51.5 Å². The number of hydrogen-bond acceptors (Lipinski definition) is 4. The summed E-state index contributed by atoms with van der Waals surface area (Å²) in [6.45, 7) is 4.88. The van der Waals surface area contributed by atoms with Crippen molar-refractivity contribution in [3.63, 3.8) is 0 Å². The molecule has 5 nitrogen and oxygen atoms in total. The fraction of sp³-hybridized carbons (Fsp3) is 0.194. The number of esters is 1. The van der Waals surface area contributed by atoms with E-state index in [1.165, 1.54) is 0 Å². The second kappa shape index (κ2) is 9.78. The standard InChI is InChI=1S/C31H27NO4/c1-3-32-27-14-12-21(29(33)16-17-30(34)36-4-2)18-25(27)26-19-22(13-15-28(26)32)31(35)24-11-7-9-20-8-5-6-10-23(20)24/h5-15,18-19H,3-4,16-17H2,1-2H3. The third-order valence-electron chi connectivity index (χ3n) is 6.66. The van der Waals surface area contributed by atoms with Crippen LogP contribution in [0.4, 0.5) is 0 Å². The number of fused-ring (bicyclic) bond motifs is 4. The molecular weight excluding hydrogens is 450 g/mol. The van der Waals surface area contributed by atoms with E-state index in [0.717, 1.165) is 39.1 Å². The molecule has 0 saturated heterocycles. The number of ether oxygens (including phenoxy) is 1. The summed E-state index contributed by atoms with van der Waals surface area (Å²) in [5.74, 6) is -0.510. The summed E-state index contributed by atoms with van der Waals surface area (Å²) < 4.78 is 7.13. The molecule has 0 spiro atoms. The molecule has 1 aromatic heterocycles. The number of Topliss-reactive ketones (excluding diaryl/α,β-unsaturated/α-hetero) is 1. The van der Waals surface area contributed by atoms with Gasteiger partial charge in [-0.25, -0.2) is 0 Å². The van der Waals surface area contributed by atoms with Crippen LogP contribution in [0.2, 0.25) is 0 Å². The van der Waals surface area contributed by atoms with Crippen molar-refractivity contribution in [2.24, 2.45) is 0 Å². The number of benzene rings is 4. The number of nitrogens with zero attached hydrogens (tertiary/aromatic N) is 1. The Hall–Kier alpha value is -4.25. The summed E-state index contributed by atoms with van der Waals surface area (Å²) in [5.41, 5.74) is 3.84. The van der Waals surface area contributed by atoms with Gasteiger partial charge in [-0.3, -0.25) is 14.4 Å². The first-order chi connectivity index (χ1) is 17.5. The van der Waals surface area contributed by atoms with Crippen LogP contribution in [0.15, 0.2) is 78.9 Å². The van der Waals surface area contributed by atoms with Crippen molar-refractivity contribution in [2.45, 2.75) is 33.2 Å². The van der Waals surface area contributed by atoms with E-state index < -0.39 is 0 Å². The number of carbonyl (C=O) groups excluding carboxylic acids is 3. The molecule has 0 N–H and O–H groups in total. The van der Waals surface area contributed by atoms with Gasteiger partial charge in [0.1, 0.15) is 0 Å².